The third-order valence-electron chi connectivity index (χ3n) is 9.21. The molecule has 0 heterocycles. The maximum absolute atomic E-state index is 11.9. The van der Waals surface area contributed by atoms with Crippen LogP contribution in [-0.2, 0) is 49.9 Å². The van der Waals surface area contributed by atoms with Gasteiger partial charge in [0, 0.05) is 31.4 Å². The molecule has 30 heteroatoms. The average molecular weight is 995 g/mol. The van der Waals surface area contributed by atoms with Crippen molar-refractivity contribution in [2.24, 2.45) is 20.5 Å². The average Bonchev–Trinajstić information content (AvgIpc) is 3.15. The van der Waals surface area contributed by atoms with E-state index in [1.807, 2.05) is 0 Å². The van der Waals surface area contributed by atoms with Crippen molar-refractivity contribution in [1.29, 1.82) is 0 Å². The molecule has 0 saturated heterocycles. The molecule has 0 unspecified atom stereocenters. The molecule has 316 valence electrons. The number of phenolic OH excluding ortho intramolecular Hbond substituents is 2. The van der Waals surface area contributed by atoms with Crippen molar-refractivity contribution in [3.63, 3.8) is 0 Å². The van der Waals surface area contributed by atoms with Gasteiger partial charge in [-0.2, -0.15) is 5.11 Å². The summed E-state index contributed by atoms with van der Waals surface area (Å²) in [6, 6.07) is 11.1. The number of allylic oxidation sites excluding steroid dienone is 2. The van der Waals surface area contributed by atoms with Crippen LogP contribution in [0.3, 0.4) is 0 Å². The van der Waals surface area contributed by atoms with E-state index < -0.39 is 110 Å². The fourth-order valence-electron chi connectivity index (χ4n) is 6.31. The molecule has 6 rings (SSSR count). The van der Waals surface area contributed by atoms with Gasteiger partial charge in [-0.3, -0.25) is 0 Å². The normalized spacial score (nSPS) is 14.3. The first kappa shape index (κ1) is 58.2. The van der Waals surface area contributed by atoms with E-state index in [-0.39, 0.29) is 147 Å². The van der Waals surface area contributed by atoms with E-state index in [9.17, 15) is 62.1 Å². The zero-order valence-corrected chi connectivity index (χ0v) is 45.6. The fraction of sp³-hybridized carbons (Fsp3) is 0.118. The van der Waals surface area contributed by atoms with Gasteiger partial charge >= 0.3 is 118 Å². The van der Waals surface area contributed by atoms with Gasteiger partial charge < -0.3 is 49.4 Å². The molecule has 0 fully saturated rings. The Bertz CT molecular complexity index is 3260. The number of hydrogen-bond acceptors (Lipinski definition) is 22. The van der Waals surface area contributed by atoms with Crippen molar-refractivity contribution in [3.05, 3.63) is 84.1 Å². The molecular formula is C34H26N6Na4O16S4. The minimum Gasteiger partial charge on any atom is -0.744 e. The van der Waals surface area contributed by atoms with Crippen LogP contribution >= 0.6 is 0 Å². The minimum absolute atomic E-state index is 0. The third-order valence-corrected chi connectivity index (χ3v) is 12.7. The number of azo groups is 2. The molecule has 0 amide bonds. The summed E-state index contributed by atoms with van der Waals surface area (Å²) in [7, 11) is -18.9. The SMILES string of the molecule is COC1(OC)CC(c2ccc(N=Nc3ccc4c(S(=O)(=O)[O-])cc(S(=O)(=O)[O-])c(N)c4c3O)cc2)=CC=C1N=Nc1ccc2c(S(=O)(=O)[O-])cc(S(=O)(=O)[O-])c(N)c2c1O.[Na+].[Na+].[Na+].[Na+]. The van der Waals surface area contributed by atoms with Crippen LogP contribution in [0.25, 0.3) is 27.1 Å². The van der Waals surface area contributed by atoms with E-state index in [0.29, 0.717) is 23.3 Å². The number of anilines is 2. The minimum atomic E-state index is -5.42. The van der Waals surface area contributed by atoms with Crippen LogP contribution in [0.1, 0.15) is 12.0 Å². The Morgan fingerprint density at radius 1 is 0.562 bits per heavy atom. The van der Waals surface area contributed by atoms with Gasteiger partial charge in [-0.05, 0) is 53.6 Å². The first-order chi connectivity index (χ1) is 27.8. The number of rotatable bonds is 11. The number of nitrogen functional groups attached to an aromatic ring is 2. The Kier molecular flexibility index (Phi) is 19.6. The molecule has 0 spiro atoms. The zero-order valence-electron chi connectivity index (χ0n) is 34.3. The van der Waals surface area contributed by atoms with E-state index in [1.54, 1.807) is 18.2 Å². The summed E-state index contributed by atoms with van der Waals surface area (Å²) in [6.45, 7) is 0. The molecule has 0 atom stereocenters. The second-order valence-corrected chi connectivity index (χ2v) is 18.0. The van der Waals surface area contributed by atoms with Crippen molar-refractivity contribution < 1.29 is 190 Å². The summed E-state index contributed by atoms with van der Waals surface area (Å²) < 4.78 is 154. The van der Waals surface area contributed by atoms with Gasteiger partial charge in [0.2, 0.25) is 5.79 Å². The van der Waals surface area contributed by atoms with Gasteiger partial charge in [0.05, 0.1) is 47.4 Å². The van der Waals surface area contributed by atoms with Crippen LogP contribution in [0.4, 0.5) is 28.4 Å². The smallest absolute Gasteiger partial charge is 0.744 e. The number of nitrogens with zero attached hydrogens (tertiary/aromatic N) is 4. The Morgan fingerprint density at radius 2 is 0.953 bits per heavy atom. The molecule has 1 aliphatic rings. The number of methoxy groups -OCH3 is 2. The van der Waals surface area contributed by atoms with Gasteiger partial charge in [0.15, 0.2) is 11.5 Å². The molecule has 22 nitrogen and oxygen atoms in total. The Hall–Kier alpha value is -1.94. The maximum atomic E-state index is 11.9. The first-order valence-corrected chi connectivity index (χ1v) is 21.9. The van der Waals surface area contributed by atoms with Gasteiger partial charge in [-0.25, -0.2) is 33.7 Å². The molecule has 0 aromatic heterocycles. The van der Waals surface area contributed by atoms with E-state index in [2.05, 4.69) is 20.5 Å². The van der Waals surface area contributed by atoms with E-state index >= 15 is 0 Å². The second kappa shape index (κ2) is 21.6. The number of benzene rings is 5. The van der Waals surface area contributed by atoms with Crippen LogP contribution in [0.5, 0.6) is 11.5 Å². The van der Waals surface area contributed by atoms with Crippen molar-refractivity contribution >= 4 is 96.0 Å². The summed E-state index contributed by atoms with van der Waals surface area (Å²) in [5.74, 6) is -3.37. The quantitative estimate of drug-likeness (QED) is 0.0314. The molecule has 0 aliphatic heterocycles. The maximum Gasteiger partial charge on any atom is 1.00 e. The first-order valence-electron chi connectivity index (χ1n) is 16.3. The van der Waals surface area contributed by atoms with Crippen molar-refractivity contribution in [2.75, 3.05) is 25.7 Å². The number of aromatic hydroxyl groups is 2. The monoisotopic (exact) mass is 994 g/mol. The summed E-state index contributed by atoms with van der Waals surface area (Å²) >= 11 is 0. The summed E-state index contributed by atoms with van der Waals surface area (Å²) in [4.78, 5) is -4.71. The van der Waals surface area contributed by atoms with Crippen LogP contribution in [0.2, 0.25) is 0 Å². The summed E-state index contributed by atoms with van der Waals surface area (Å²) in [6.07, 6.45) is 3.09. The van der Waals surface area contributed by atoms with Gasteiger partial charge in [0.1, 0.15) is 57.5 Å². The molecule has 5 aromatic carbocycles. The largest absolute Gasteiger partial charge is 1.00 e. The van der Waals surface area contributed by atoms with Crippen molar-refractivity contribution in [2.45, 2.75) is 31.8 Å². The molecule has 5 aromatic rings. The van der Waals surface area contributed by atoms with Crippen molar-refractivity contribution in [1.82, 2.24) is 0 Å². The molecule has 64 heavy (non-hydrogen) atoms. The fourth-order valence-corrected chi connectivity index (χ4v) is 9.13. The molecule has 0 saturated carbocycles. The molecule has 0 bridgehead atoms. The predicted molar refractivity (Wildman–Crippen MR) is 204 cm³/mol. The van der Waals surface area contributed by atoms with E-state index in [1.165, 1.54) is 32.4 Å². The third kappa shape index (κ3) is 11.7. The van der Waals surface area contributed by atoms with Crippen LogP contribution in [0, 0.1) is 0 Å². The van der Waals surface area contributed by atoms with Crippen LogP contribution < -0.4 is 130 Å². The summed E-state index contributed by atoms with van der Waals surface area (Å²) in [5.41, 5.74) is 10.8. The summed E-state index contributed by atoms with van der Waals surface area (Å²) in [5, 5.41) is 35.8. The van der Waals surface area contributed by atoms with Crippen LogP contribution in [-0.4, -0.2) is 82.1 Å². The second-order valence-electron chi connectivity index (χ2n) is 12.6. The number of hydrogen-bond donors (Lipinski definition) is 4. The number of ether oxygens (including phenoxy) is 2. The van der Waals surface area contributed by atoms with E-state index in [0.717, 1.165) is 24.3 Å². The van der Waals surface area contributed by atoms with E-state index in [4.69, 9.17) is 20.9 Å². The molecule has 1 aliphatic carbocycles. The number of phenols is 2. The molecule has 0 radical (unpaired) electrons. The zero-order chi connectivity index (χ0) is 44.3. The molecule has 6 N–H and O–H groups in total. The predicted octanol–water partition coefficient (Wildman–Crippen LogP) is -7.94. The van der Waals surface area contributed by atoms with Crippen molar-refractivity contribution in [3.8, 4) is 11.5 Å². The van der Waals surface area contributed by atoms with Gasteiger partial charge in [0.25, 0.3) is 0 Å². The van der Waals surface area contributed by atoms with Gasteiger partial charge in [-0.1, -0.05) is 30.3 Å². The Morgan fingerprint density at radius 3 is 1.33 bits per heavy atom. The molecular weight excluding hydrogens is 969 g/mol. The number of fused-ring (bicyclic) bond motifs is 2. The Labute approximate surface area is 453 Å². The topological polar surface area (TPSA) is 389 Å². The standard InChI is InChI=1S/C34H30N6O16S4.4Na/c1-55-34(56-2)15-17(5-12-27(34)40-39-22-11-9-20-24(58(46,47)48)14-26(60(52,53)54)31(36)29(20)33(22)42)16-3-6-18(7-4-16)37-38-21-10-8-19-23(57(43,44)45)13-25(59(49,50)51)30(35)28(19)32(21)41;;;;/h3-14,41-42H,15,35-36H2,1-2H3,(H,43,44,45)(H,46,47,48)(H,49,50,51)(H,52,53,54);;;;/q;4*+1/p-4. The van der Waals surface area contributed by atoms with Gasteiger partial charge in [-0.15, -0.1) is 15.3 Å². The van der Waals surface area contributed by atoms with Crippen LogP contribution in [0.15, 0.2) is 119 Å². The Balaban J connectivity index is 0.00000352. The number of nitrogens with two attached hydrogens (primary N) is 2.